The van der Waals surface area contributed by atoms with Crippen molar-refractivity contribution in [2.75, 3.05) is 6.54 Å². The van der Waals surface area contributed by atoms with Crippen LogP contribution < -0.4 is 10.1 Å². The number of para-hydroxylation sites is 1. The fraction of sp³-hybridized carbons (Fsp3) is 0.238. The predicted octanol–water partition coefficient (Wildman–Crippen LogP) is 3.50. The minimum absolute atomic E-state index is 0.0607. The summed E-state index contributed by atoms with van der Waals surface area (Å²) in [7, 11) is 1.87. The van der Waals surface area contributed by atoms with E-state index in [2.05, 4.69) is 10.4 Å². The number of amides is 1. The number of carbonyl (C=O) groups is 1. The molecule has 1 amide bonds. The third-order valence-corrected chi connectivity index (χ3v) is 4.01. The highest BCUT2D eigenvalue weighted by Crippen LogP contribution is 2.21. The van der Waals surface area contributed by atoms with Gasteiger partial charge < -0.3 is 10.1 Å². The molecule has 0 aliphatic rings. The number of hydrogen-bond donors (Lipinski definition) is 1. The Labute approximate surface area is 153 Å². The SMILES string of the molecule is Cn1cc(CCC(=O)NCCc2cccc(Oc3ccccc3)c2)cn1. The second-order valence-electron chi connectivity index (χ2n) is 6.18. The number of nitrogens with one attached hydrogen (secondary N) is 1. The molecule has 2 aromatic carbocycles. The van der Waals surface area contributed by atoms with Crippen molar-refractivity contribution in [2.45, 2.75) is 19.3 Å². The summed E-state index contributed by atoms with van der Waals surface area (Å²) >= 11 is 0. The van der Waals surface area contributed by atoms with Gasteiger partial charge in [0.05, 0.1) is 6.20 Å². The van der Waals surface area contributed by atoms with Gasteiger partial charge in [-0.05, 0) is 48.2 Å². The van der Waals surface area contributed by atoms with Crippen molar-refractivity contribution in [3.8, 4) is 11.5 Å². The first-order valence-electron chi connectivity index (χ1n) is 8.75. The maximum Gasteiger partial charge on any atom is 0.220 e. The molecule has 0 radical (unpaired) electrons. The van der Waals surface area contributed by atoms with Crippen molar-refractivity contribution < 1.29 is 9.53 Å². The number of ether oxygens (including phenoxy) is 1. The van der Waals surface area contributed by atoms with Crippen molar-refractivity contribution in [3.63, 3.8) is 0 Å². The number of hydrogen-bond acceptors (Lipinski definition) is 3. The lowest BCUT2D eigenvalue weighted by atomic mass is 10.1. The summed E-state index contributed by atoms with van der Waals surface area (Å²) in [5, 5.41) is 7.08. The van der Waals surface area contributed by atoms with E-state index < -0.39 is 0 Å². The van der Waals surface area contributed by atoms with Gasteiger partial charge in [0.2, 0.25) is 5.91 Å². The second kappa shape index (κ2) is 8.85. The first-order chi connectivity index (χ1) is 12.7. The van der Waals surface area contributed by atoms with Crippen LogP contribution in [-0.2, 0) is 24.7 Å². The Morgan fingerprint density at radius 3 is 2.62 bits per heavy atom. The van der Waals surface area contributed by atoms with Crippen LogP contribution in [0, 0.1) is 0 Å². The molecule has 1 heterocycles. The van der Waals surface area contributed by atoms with E-state index in [1.807, 2.05) is 67.8 Å². The Morgan fingerprint density at radius 2 is 1.85 bits per heavy atom. The molecule has 0 unspecified atom stereocenters. The van der Waals surface area contributed by atoms with E-state index in [9.17, 15) is 4.79 Å². The molecule has 0 bridgehead atoms. The van der Waals surface area contributed by atoms with Gasteiger partial charge in [0, 0.05) is 26.2 Å². The highest BCUT2D eigenvalue weighted by Gasteiger charge is 2.04. The molecule has 0 spiro atoms. The van der Waals surface area contributed by atoms with Crippen LogP contribution >= 0.6 is 0 Å². The summed E-state index contributed by atoms with van der Waals surface area (Å²) < 4.78 is 7.59. The van der Waals surface area contributed by atoms with E-state index in [1.165, 1.54) is 0 Å². The van der Waals surface area contributed by atoms with E-state index in [4.69, 9.17) is 4.74 Å². The van der Waals surface area contributed by atoms with Crippen LogP contribution in [0.2, 0.25) is 0 Å². The molecule has 3 rings (SSSR count). The lowest BCUT2D eigenvalue weighted by Gasteiger charge is -2.08. The maximum absolute atomic E-state index is 12.0. The molecule has 5 nitrogen and oxygen atoms in total. The van der Waals surface area contributed by atoms with Gasteiger partial charge in [-0.25, -0.2) is 0 Å². The fourth-order valence-electron chi connectivity index (χ4n) is 2.68. The molecule has 0 saturated carbocycles. The van der Waals surface area contributed by atoms with Crippen molar-refractivity contribution in [2.24, 2.45) is 7.05 Å². The zero-order valence-electron chi connectivity index (χ0n) is 14.9. The number of carbonyl (C=O) groups excluding carboxylic acids is 1. The zero-order valence-corrected chi connectivity index (χ0v) is 14.9. The molecular weight excluding hydrogens is 326 g/mol. The van der Waals surface area contributed by atoms with Crippen LogP contribution in [0.1, 0.15) is 17.5 Å². The summed E-state index contributed by atoms with van der Waals surface area (Å²) in [5.74, 6) is 1.68. The van der Waals surface area contributed by atoms with Gasteiger partial charge in [-0.2, -0.15) is 5.10 Å². The molecule has 0 saturated heterocycles. The molecule has 0 atom stereocenters. The molecule has 0 aliphatic carbocycles. The second-order valence-corrected chi connectivity index (χ2v) is 6.18. The van der Waals surface area contributed by atoms with Crippen LogP contribution in [0.3, 0.4) is 0 Å². The van der Waals surface area contributed by atoms with Crippen molar-refractivity contribution in [1.82, 2.24) is 15.1 Å². The highest BCUT2D eigenvalue weighted by atomic mass is 16.5. The van der Waals surface area contributed by atoms with E-state index in [1.54, 1.807) is 10.9 Å². The van der Waals surface area contributed by atoms with Gasteiger partial charge in [-0.1, -0.05) is 30.3 Å². The van der Waals surface area contributed by atoms with Gasteiger partial charge in [0.15, 0.2) is 0 Å². The number of aromatic nitrogens is 2. The normalized spacial score (nSPS) is 10.5. The minimum Gasteiger partial charge on any atom is -0.457 e. The van der Waals surface area contributed by atoms with Crippen LogP contribution in [0.15, 0.2) is 67.0 Å². The molecule has 0 fully saturated rings. The van der Waals surface area contributed by atoms with E-state index >= 15 is 0 Å². The fourth-order valence-corrected chi connectivity index (χ4v) is 2.68. The molecule has 0 aliphatic heterocycles. The summed E-state index contributed by atoms with van der Waals surface area (Å²) in [5.41, 5.74) is 2.21. The van der Waals surface area contributed by atoms with Gasteiger partial charge in [-0.3, -0.25) is 9.48 Å². The molecular formula is C21H23N3O2. The summed E-state index contributed by atoms with van der Waals surface area (Å²) in [6, 6.07) is 17.7. The van der Waals surface area contributed by atoms with Gasteiger partial charge in [0.1, 0.15) is 11.5 Å². The summed E-state index contributed by atoms with van der Waals surface area (Å²) in [6.45, 7) is 0.612. The Balaban J connectivity index is 1.43. The summed E-state index contributed by atoms with van der Waals surface area (Å²) in [6.07, 6.45) is 5.69. The number of nitrogens with zero attached hydrogens (tertiary/aromatic N) is 2. The Morgan fingerprint density at radius 1 is 1.04 bits per heavy atom. The number of rotatable bonds is 8. The first kappa shape index (κ1) is 17.7. The molecule has 26 heavy (non-hydrogen) atoms. The Kier molecular flexibility index (Phi) is 6.04. The lowest BCUT2D eigenvalue weighted by molar-refractivity contribution is -0.121. The standard InChI is InChI=1S/C21H23N3O2/c1-24-16-18(15-23-24)10-11-21(25)22-13-12-17-6-5-9-20(14-17)26-19-7-3-2-4-8-19/h2-9,14-16H,10-13H2,1H3,(H,22,25). The highest BCUT2D eigenvalue weighted by molar-refractivity contribution is 5.76. The number of benzene rings is 2. The molecule has 1 N–H and O–H groups in total. The maximum atomic E-state index is 12.0. The quantitative estimate of drug-likeness (QED) is 0.677. The third kappa shape index (κ3) is 5.48. The topological polar surface area (TPSA) is 56.2 Å². The van der Waals surface area contributed by atoms with Crippen molar-refractivity contribution >= 4 is 5.91 Å². The largest absolute Gasteiger partial charge is 0.457 e. The molecule has 1 aromatic heterocycles. The molecule has 3 aromatic rings. The predicted molar refractivity (Wildman–Crippen MR) is 101 cm³/mol. The minimum atomic E-state index is 0.0607. The Hall–Kier alpha value is -3.08. The van der Waals surface area contributed by atoms with E-state index in [0.717, 1.165) is 29.0 Å². The van der Waals surface area contributed by atoms with E-state index in [-0.39, 0.29) is 5.91 Å². The average Bonchev–Trinajstić information content (AvgIpc) is 3.07. The van der Waals surface area contributed by atoms with Gasteiger partial charge in [-0.15, -0.1) is 0 Å². The number of aryl methyl sites for hydroxylation is 2. The van der Waals surface area contributed by atoms with Crippen molar-refractivity contribution in [1.29, 1.82) is 0 Å². The first-order valence-corrected chi connectivity index (χ1v) is 8.75. The van der Waals surface area contributed by atoms with Crippen LogP contribution in [0.25, 0.3) is 0 Å². The average molecular weight is 349 g/mol. The van der Waals surface area contributed by atoms with Gasteiger partial charge in [0.25, 0.3) is 0 Å². The molecule has 134 valence electrons. The molecule has 5 heteroatoms. The monoisotopic (exact) mass is 349 g/mol. The van der Waals surface area contributed by atoms with Crippen LogP contribution in [0.5, 0.6) is 11.5 Å². The van der Waals surface area contributed by atoms with Crippen LogP contribution in [0.4, 0.5) is 0 Å². The van der Waals surface area contributed by atoms with E-state index in [0.29, 0.717) is 19.4 Å². The summed E-state index contributed by atoms with van der Waals surface area (Å²) in [4.78, 5) is 12.0. The smallest absolute Gasteiger partial charge is 0.220 e. The third-order valence-electron chi connectivity index (χ3n) is 4.01. The lowest BCUT2D eigenvalue weighted by Crippen LogP contribution is -2.25. The van der Waals surface area contributed by atoms with Crippen molar-refractivity contribution in [3.05, 3.63) is 78.1 Å². The Bertz CT molecular complexity index is 843. The zero-order chi connectivity index (χ0) is 18.2. The van der Waals surface area contributed by atoms with Crippen LogP contribution in [-0.4, -0.2) is 22.2 Å². The van der Waals surface area contributed by atoms with Gasteiger partial charge >= 0.3 is 0 Å².